The largest absolute Gasteiger partial charge is 0.306 e. The lowest BCUT2D eigenvalue weighted by atomic mass is 10.1. The summed E-state index contributed by atoms with van der Waals surface area (Å²) in [5.41, 5.74) is 0. The number of nitrogens with one attached hydrogen (secondary N) is 1. The van der Waals surface area contributed by atoms with Gasteiger partial charge in [-0.05, 0) is 30.7 Å². The molecule has 0 saturated heterocycles. The Morgan fingerprint density at radius 1 is 1.31 bits per heavy atom. The molecule has 2 rings (SSSR count). The van der Waals surface area contributed by atoms with Crippen molar-refractivity contribution in [3.63, 3.8) is 0 Å². The summed E-state index contributed by atoms with van der Waals surface area (Å²) in [6.45, 7) is 2.29. The molecule has 0 amide bonds. The zero-order valence-electron chi connectivity index (χ0n) is 10.2. The van der Waals surface area contributed by atoms with Gasteiger partial charge in [-0.2, -0.15) is 0 Å². The van der Waals surface area contributed by atoms with Gasteiger partial charge in [-0.1, -0.05) is 38.7 Å². The normalized spacial score (nSPS) is 20.6. The second-order valence-electron chi connectivity index (χ2n) is 4.83. The predicted octanol–water partition coefficient (Wildman–Crippen LogP) is 4.51. The van der Waals surface area contributed by atoms with Crippen LogP contribution in [0.15, 0.2) is 17.5 Å². The smallest absolute Gasteiger partial charge is 0.0414 e. The molecular weight excluding hydrogens is 214 g/mol. The summed E-state index contributed by atoms with van der Waals surface area (Å²) in [6, 6.07) is 5.78. The maximum atomic E-state index is 3.86. The minimum atomic E-state index is 0.586. The molecule has 0 radical (unpaired) electrons. The topological polar surface area (TPSA) is 12.0 Å². The molecule has 1 unspecified atom stereocenters. The van der Waals surface area contributed by atoms with Crippen molar-refractivity contribution in [1.29, 1.82) is 0 Å². The Morgan fingerprint density at radius 2 is 2.06 bits per heavy atom. The summed E-state index contributed by atoms with van der Waals surface area (Å²) in [7, 11) is 0. The van der Waals surface area contributed by atoms with E-state index in [0.29, 0.717) is 6.04 Å². The zero-order chi connectivity index (χ0) is 11.2. The SMILES string of the molecule is CCC(NC1CCCCCC1)c1cccs1. The van der Waals surface area contributed by atoms with Crippen LogP contribution in [-0.2, 0) is 0 Å². The van der Waals surface area contributed by atoms with Crippen molar-refractivity contribution >= 4 is 11.3 Å². The summed E-state index contributed by atoms with van der Waals surface area (Å²) in [6.07, 6.45) is 9.67. The lowest BCUT2D eigenvalue weighted by Crippen LogP contribution is -2.31. The first-order chi connectivity index (χ1) is 7.90. The molecule has 1 aromatic heterocycles. The minimum Gasteiger partial charge on any atom is -0.306 e. The van der Waals surface area contributed by atoms with Crippen LogP contribution in [0.1, 0.15) is 62.8 Å². The molecule has 1 saturated carbocycles. The molecule has 0 aromatic carbocycles. The molecule has 16 heavy (non-hydrogen) atoms. The van der Waals surface area contributed by atoms with E-state index in [2.05, 4.69) is 29.8 Å². The predicted molar refractivity (Wildman–Crippen MR) is 72.0 cm³/mol. The molecule has 1 aliphatic carbocycles. The van der Waals surface area contributed by atoms with Crippen LogP contribution in [0.3, 0.4) is 0 Å². The van der Waals surface area contributed by atoms with Crippen molar-refractivity contribution < 1.29 is 0 Å². The molecule has 1 nitrogen and oxygen atoms in total. The van der Waals surface area contributed by atoms with E-state index >= 15 is 0 Å². The maximum absolute atomic E-state index is 3.86. The fourth-order valence-electron chi connectivity index (χ4n) is 2.62. The summed E-state index contributed by atoms with van der Waals surface area (Å²) in [5, 5.41) is 6.05. The van der Waals surface area contributed by atoms with Gasteiger partial charge in [-0.15, -0.1) is 11.3 Å². The van der Waals surface area contributed by atoms with Crippen LogP contribution >= 0.6 is 11.3 Å². The van der Waals surface area contributed by atoms with Gasteiger partial charge in [0.25, 0.3) is 0 Å². The van der Waals surface area contributed by atoms with Crippen molar-refractivity contribution in [3.8, 4) is 0 Å². The Bertz CT molecular complexity index is 273. The number of thiophene rings is 1. The Morgan fingerprint density at radius 3 is 2.62 bits per heavy atom. The monoisotopic (exact) mass is 237 g/mol. The van der Waals surface area contributed by atoms with E-state index < -0.39 is 0 Å². The van der Waals surface area contributed by atoms with Crippen LogP contribution in [0.5, 0.6) is 0 Å². The Kier molecular flexibility index (Phi) is 4.86. The molecule has 2 heteroatoms. The van der Waals surface area contributed by atoms with E-state index in [1.165, 1.54) is 49.8 Å². The highest BCUT2D eigenvalue weighted by molar-refractivity contribution is 7.10. The molecule has 90 valence electrons. The van der Waals surface area contributed by atoms with E-state index in [1.54, 1.807) is 0 Å². The standard InChI is InChI=1S/C14H23NS/c1-2-13(14-10-7-11-16-14)15-12-8-5-3-4-6-9-12/h7,10-13,15H,2-6,8-9H2,1H3. The molecule has 0 aliphatic heterocycles. The zero-order valence-corrected chi connectivity index (χ0v) is 11.1. The van der Waals surface area contributed by atoms with E-state index in [9.17, 15) is 0 Å². The molecule has 1 aromatic rings. The molecule has 1 fully saturated rings. The summed E-state index contributed by atoms with van der Waals surface area (Å²) < 4.78 is 0. The Labute approximate surface area is 103 Å². The third-order valence-electron chi connectivity index (χ3n) is 3.59. The first-order valence-electron chi connectivity index (χ1n) is 6.69. The summed E-state index contributed by atoms with van der Waals surface area (Å²) in [4.78, 5) is 1.51. The highest BCUT2D eigenvalue weighted by Crippen LogP contribution is 2.25. The number of hydrogen-bond acceptors (Lipinski definition) is 2. The average molecular weight is 237 g/mol. The first-order valence-corrected chi connectivity index (χ1v) is 7.57. The minimum absolute atomic E-state index is 0.586. The molecule has 1 heterocycles. The third kappa shape index (κ3) is 3.33. The van der Waals surface area contributed by atoms with Crippen LogP contribution in [0, 0.1) is 0 Å². The molecule has 0 spiro atoms. The van der Waals surface area contributed by atoms with Crippen LogP contribution in [0.2, 0.25) is 0 Å². The number of rotatable bonds is 4. The van der Waals surface area contributed by atoms with Gasteiger partial charge in [0.2, 0.25) is 0 Å². The molecule has 1 N–H and O–H groups in total. The Balaban J connectivity index is 1.90. The second-order valence-corrected chi connectivity index (χ2v) is 5.81. The van der Waals surface area contributed by atoms with E-state index in [-0.39, 0.29) is 0 Å². The van der Waals surface area contributed by atoms with Gasteiger partial charge in [-0.25, -0.2) is 0 Å². The van der Waals surface area contributed by atoms with Gasteiger partial charge in [-0.3, -0.25) is 0 Å². The average Bonchev–Trinajstić information content (AvgIpc) is 2.71. The second kappa shape index (κ2) is 6.41. The molecule has 0 bridgehead atoms. The van der Waals surface area contributed by atoms with Gasteiger partial charge in [0.15, 0.2) is 0 Å². The third-order valence-corrected chi connectivity index (χ3v) is 4.57. The quantitative estimate of drug-likeness (QED) is 0.760. The molecular formula is C14H23NS. The van der Waals surface area contributed by atoms with Crippen LogP contribution < -0.4 is 5.32 Å². The highest BCUT2D eigenvalue weighted by atomic mass is 32.1. The van der Waals surface area contributed by atoms with Crippen molar-refractivity contribution in [2.24, 2.45) is 0 Å². The van der Waals surface area contributed by atoms with E-state index in [0.717, 1.165) is 6.04 Å². The first kappa shape index (κ1) is 12.1. The van der Waals surface area contributed by atoms with Crippen molar-refractivity contribution in [3.05, 3.63) is 22.4 Å². The van der Waals surface area contributed by atoms with Gasteiger partial charge >= 0.3 is 0 Å². The fourth-order valence-corrected chi connectivity index (χ4v) is 3.49. The molecule has 1 atom stereocenters. The van der Waals surface area contributed by atoms with Gasteiger partial charge < -0.3 is 5.32 Å². The maximum Gasteiger partial charge on any atom is 0.0414 e. The van der Waals surface area contributed by atoms with Crippen LogP contribution in [0.25, 0.3) is 0 Å². The van der Waals surface area contributed by atoms with Crippen LogP contribution in [-0.4, -0.2) is 6.04 Å². The van der Waals surface area contributed by atoms with Gasteiger partial charge in [0.1, 0.15) is 0 Å². The lowest BCUT2D eigenvalue weighted by Gasteiger charge is -2.23. The van der Waals surface area contributed by atoms with E-state index in [1.807, 2.05) is 11.3 Å². The number of hydrogen-bond donors (Lipinski definition) is 1. The molecule has 1 aliphatic rings. The van der Waals surface area contributed by atoms with E-state index in [4.69, 9.17) is 0 Å². The van der Waals surface area contributed by atoms with Crippen LogP contribution in [0.4, 0.5) is 0 Å². The highest BCUT2D eigenvalue weighted by Gasteiger charge is 2.17. The Hall–Kier alpha value is -0.340. The lowest BCUT2D eigenvalue weighted by molar-refractivity contribution is 0.395. The van der Waals surface area contributed by atoms with Gasteiger partial charge in [0.05, 0.1) is 0 Å². The van der Waals surface area contributed by atoms with Gasteiger partial charge in [0, 0.05) is 17.0 Å². The van der Waals surface area contributed by atoms with Crippen molar-refractivity contribution in [1.82, 2.24) is 5.32 Å². The van der Waals surface area contributed by atoms with Crippen molar-refractivity contribution in [2.45, 2.75) is 64.0 Å². The fraction of sp³-hybridized carbons (Fsp3) is 0.714. The van der Waals surface area contributed by atoms with Crippen molar-refractivity contribution in [2.75, 3.05) is 0 Å². The summed E-state index contributed by atoms with van der Waals surface area (Å²) in [5.74, 6) is 0. The summed E-state index contributed by atoms with van der Waals surface area (Å²) >= 11 is 1.89.